The number of carbonyl (C=O) groups excluding carboxylic acids is 2. The average molecular weight is 396 g/mol. The highest BCUT2D eigenvalue weighted by Gasteiger charge is 2.33. The Morgan fingerprint density at radius 1 is 1.21 bits per heavy atom. The first-order chi connectivity index (χ1) is 13.9. The summed E-state index contributed by atoms with van der Waals surface area (Å²) in [6.07, 6.45) is -0.0143. The molecule has 2 aliphatic rings. The fourth-order valence-corrected chi connectivity index (χ4v) is 3.57. The van der Waals surface area contributed by atoms with E-state index in [9.17, 15) is 9.59 Å². The molecule has 1 saturated heterocycles. The summed E-state index contributed by atoms with van der Waals surface area (Å²) in [4.78, 5) is 25.8. The molecule has 7 nitrogen and oxygen atoms in total. The summed E-state index contributed by atoms with van der Waals surface area (Å²) >= 11 is 0. The molecule has 7 heteroatoms. The highest BCUT2D eigenvalue weighted by molar-refractivity contribution is 5.89. The molecule has 0 aromatic heterocycles. The Bertz CT molecular complexity index is 913. The van der Waals surface area contributed by atoms with Gasteiger partial charge in [0.05, 0.1) is 13.1 Å². The van der Waals surface area contributed by atoms with E-state index in [1.165, 1.54) is 0 Å². The molecule has 2 aromatic rings. The number of hydrogen-bond donors (Lipinski definition) is 1. The van der Waals surface area contributed by atoms with Gasteiger partial charge in [0.25, 0.3) is 5.91 Å². The van der Waals surface area contributed by atoms with E-state index in [2.05, 4.69) is 5.32 Å². The van der Waals surface area contributed by atoms with Crippen molar-refractivity contribution in [3.8, 4) is 11.5 Å². The third-order valence-electron chi connectivity index (χ3n) is 4.88. The van der Waals surface area contributed by atoms with E-state index in [4.69, 9.17) is 14.2 Å². The van der Waals surface area contributed by atoms with Gasteiger partial charge in [0.15, 0.2) is 18.1 Å². The highest BCUT2D eigenvalue weighted by atomic mass is 16.6. The second-order valence-electron chi connectivity index (χ2n) is 7.83. The minimum absolute atomic E-state index is 0.136. The quantitative estimate of drug-likeness (QED) is 0.812. The van der Waals surface area contributed by atoms with Gasteiger partial charge in [0.2, 0.25) is 0 Å². The number of para-hydroxylation sites is 2. The number of rotatable bonds is 6. The first-order valence-electron chi connectivity index (χ1n) is 9.65. The van der Waals surface area contributed by atoms with Crippen LogP contribution in [0.2, 0.25) is 0 Å². The predicted octanol–water partition coefficient (Wildman–Crippen LogP) is 2.92. The summed E-state index contributed by atoms with van der Waals surface area (Å²) in [6.45, 7) is 4.52. The van der Waals surface area contributed by atoms with E-state index in [0.717, 1.165) is 17.7 Å². The molecule has 1 fully saturated rings. The van der Waals surface area contributed by atoms with Crippen LogP contribution in [-0.4, -0.2) is 43.4 Å². The SMILES string of the molecule is CC1(C)Cc2cccc(OCC(=O)NC[C@H]3CN(c4ccccc4)C(=O)O3)c2O1. The second-order valence-corrected chi connectivity index (χ2v) is 7.83. The van der Waals surface area contributed by atoms with E-state index in [1.54, 1.807) is 11.0 Å². The van der Waals surface area contributed by atoms with Gasteiger partial charge in [-0.1, -0.05) is 30.3 Å². The van der Waals surface area contributed by atoms with Crippen molar-refractivity contribution in [1.82, 2.24) is 5.32 Å². The third kappa shape index (κ3) is 4.29. The maximum atomic E-state index is 12.2. The second kappa shape index (κ2) is 7.66. The Balaban J connectivity index is 1.27. The molecular weight excluding hydrogens is 372 g/mol. The Labute approximate surface area is 169 Å². The molecule has 4 rings (SSSR count). The van der Waals surface area contributed by atoms with Crippen LogP contribution in [0.3, 0.4) is 0 Å². The zero-order valence-electron chi connectivity index (χ0n) is 16.5. The van der Waals surface area contributed by atoms with Crippen molar-refractivity contribution in [3.63, 3.8) is 0 Å². The Morgan fingerprint density at radius 3 is 2.79 bits per heavy atom. The van der Waals surface area contributed by atoms with Crippen molar-refractivity contribution < 1.29 is 23.8 Å². The molecule has 0 aliphatic carbocycles. The molecule has 2 aliphatic heterocycles. The molecule has 0 unspecified atom stereocenters. The lowest BCUT2D eigenvalue weighted by molar-refractivity contribution is -0.123. The van der Waals surface area contributed by atoms with Gasteiger partial charge >= 0.3 is 6.09 Å². The number of nitrogens with one attached hydrogen (secondary N) is 1. The number of anilines is 1. The van der Waals surface area contributed by atoms with Gasteiger partial charge in [0, 0.05) is 17.7 Å². The summed E-state index contributed by atoms with van der Waals surface area (Å²) in [5.41, 5.74) is 1.57. The molecular formula is C22H24N2O5. The molecule has 29 heavy (non-hydrogen) atoms. The minimum atomic E-state index is -0.411. The van der Waals surface area contributed by atoms with Crippen molar-refractivity contribution >= 4 is 17.7 Å². The van der Waals surface area contributed by atoms with Crippen LogP contribution < -0.4 is 19.7 Å². The van der Waals surface area contributed by atoms with Gasteiger partial charge in [-0.15, -0.1) is 0 Å². The first kappa shape index (κ1) is 19.1. The lowest BCUT2D eigenvalue weighted by Crippen LogP contribution is -2.37. The number of fused-ring (bicyclic) bond motifs is 1. The number of benzene rings is 2. The van der Waals surface area contributed by atoms with Crippen LogP contribution in [0.5, 0.6) is 11.5 Å². The maximum absolute atomic E-state index is 12.2. The largest absolute Gasteiger partial charge is 0.483 e. The van der Waals surface area contributed by atoms with E-state index < -0.39 is 12.2 Å². The number of amides is 2. The molecule has 0 radical (unpaired) electrons. The van der Waals surface area contributed by atoms with Crippen molar-refractivity contribution in [2.24, 2.45) is 0 Å². The summed E-state index contributed by atoms with van der Waals surface area (Å²) < 4.78 is 17.0. The van der Waals surface area contributed by atoms with Crippen molar-refractivity contribution in [2.75, 3.05) is 24.6 Å². The molecule has 2 amide bonds. The normalized spacial score (nSPS) is 19.3. The topological polar surface area (TPSA) is 77.1 Å². The molecule has 2 aromatic carbocycles. The number of hydrogen-bond acceptors (Lipinski definition) is 5. The molecule has 0 saturated carbocycles. The summed E-state index contributed by atoms with van der Waals surface area (Å²) in [5.74, 6) is 0.980. The highest BCUT2D eigenvalue weighted by Crippen LogP contribution is 2.41. The number of cyclic esters (lactones) is 1. The Kier molecular flexibility index (Phi) is 5.05. The van der Waals surface area contributed by atoms with E-state index in [0.29, 0.717) is 18.0 Å². The third-order valence-corrected chi connectivity index (χ3v) is 4.88. The van der Waals surface area contributed by atoms with Gasteiger partial charge in [0.1, 0.15) is 11.7 Å². The van der Waals surface area contributed by atoms with Gasteiger partial charge in [-0.2, -0.15) is 0 Å². The summed E-state index contributed by atoms with van der Waals surface area (Å²) in [5, 5.41) is 2.76. The van der Waals surface area contributed by atoms with Gasteiger partial charge in [-0.05, 0) is 32.0 Å². The minimum Gasteiger partial charge on any atom is -0.483 e. The molecule has 2 heterocycles. The fraction of sp³-hybridized carbons (Fsp3) is 0.364. The van der Waals surface area contributed by atoms with Crippen LogP contribution in [0, 0.1) is 0 Å². The number of carbonyl (C=O) groups is 2. The maximum Gasteiger partial charge on any atom is 0.414 e. The fourth-order valence-electron chi connectivity index (χ4n) is 3.57. The van der Waals surface area contributed by atoms with Crippen LogP contribution in [-0.2, 0) is 16.0 Å². The summed E-state index contributed by atoms with van der Waals surface area (Å²) in [6, 6.07) is 15.0. The predicted molar refractivity (Wildman–Crippen MR) is 107 cm³/mol. The van der Waals surface area contributed by atoms with Gasteiger partial charge in [-0.3, -0.25) is 9.69 Å². The van der Waals surface area contributed by atoms with Crippen molar-refractivity contribution in [1.29, 1.82) is 0 Å². The molecule has 0 spiro atoms. The lowest BCUT2D eigenvalue weighted by atomic mass is 10.0. The van der Waals surface area contributed by atoms with Crippen molar-refractivity contribution in [2.45, 2.75) is 32.0 Å². The van der Waals surface area contributed by atoms with Gasteiger partial charge in [-0.25, -0.2) is 4.79 Å². The zero-order valence-corrected chi connectivity index (χ0v) is 16.5. The molecule has 1 atom stereocenters. The van der Waals surface area contributed by atoms with Crippen LogP contribution in [0.15, 0.2) is 48.5 Å². The Hall–Kier alpha value is -3.22. The smallest absolute Gasteiger partial charge is 0.414 e. The number of ether oxygens (including phenoxy) is 3. The van der Waals surface area contributed by atoms with Crippen LogP contribution in [0.1, 0.15) is 19.4 Å². The van der Waals surface area contributed by atoms with Crippen LogP contribution >= 0.6 is 0 Å². The van der Waals surface area contributed by atoms with E-state index in [1.807, 2.05) is 56.3 Å². The van der Waals surface area contributed by atoms with Crippen molar-refractivity contribution in [3.05, 3.63) is 54.1 Å². The van der Waals surface area contributed by atoms with Gasteiger partial charge < -0.3 is 19.5 Å². The zero-order chi connectivity index (χ0) is 20.4. The van der Waals surface area contributed by atoms with Crippen LogP contribution in [0.4, 0.5) is 10.5 Å². The van der Waals surface area contributed by atoms with Crippen LogP contribution in [0.25, 0.3) is 0 Å². The molecule has 0 bridgehead atoms. The van der Waals surface area contributed by atoms with E-state index >= 15 is 0 Å². The average Bonchev–Trinajstić information content (AvgIpc) is 3.23. The van der Waals surface area contributed by atoms with E-state index in [-0.39, 0.29) is 24.7 Å². The monoisotopic (exact) mass is 396 g/mol. The molecule has 1 N–H and O–H groups in total. The molecule has 152 valence electrons. The summed E-state index contributed by atoms with van der Waals surface area (Å²) in [7, 11) is 0. The first-order valence-corrected chi connectivity index (χ1v) is 9.65. The Morgan fingerprint density at radius 2 is 2.00 bits per heavy atom. The lowest BCUT2D eigenvalue weighted by Gasteiger charge is -2.18. The standard InChI is InChI=1S/C22H24N2O5/c1-22(2)11-15-7-6-10-18(20(15)29-22)27-14-19(25)23-12-17-13-24(21(26)28-17)16-8-4-3-5-9-16/h3-10,17H,11-14H2,1-2H3,(H,23,25)/t17-/m0/s1. The number of nitrogens with zero attached hydrogens (tertiary/aromatic N) is 1.